The van der Waals surface area contributed by atoms with Crippen LogP contribution in [0.15, 0.2) is 12.1 Å². The van der Waals surface area contributed by atoms with E-state index in [0.29, 0.717) is 12.0 Å². The maximum atomic E-state index is 6.01. The molecule has 19 heavy (non-hydrogen) atoms. The molecule has 0 aliphatic rings. The lowest BCUT2D eigenvalue weighted by atomic mass is 9.89. The minimum absolute atomic E-state index is 0.339. The van der Waals surface area contributed by atoms with Crippen LogP contribution in [0.2, 0.25) is 0 Å². The lowest BCUT2D eigenvalue weighted by Crippen LogP contribution is -2.19. The molecule has 0 saturated heterocycles. The molecule has 2 unspecified atom stereocenters. The summed E-state index contributed by atoms with van der Waals surface area (Å²) in [6, 6.07) is 4.79. The third kappa shape index (κ3) is 4.54. The second-order valence-corrected chi connectivity index (χ2v) is 5.55. The van der Waals surface area contributed by atoms with E-state index >= 15 is 0 Å². The summed E-state index contributed by atoms with van der Waals surface area (Å²) in [7, 11) is 0. The number of aryl methyl sites for hydroxylation is 2. The number of hydrogen-bond acceptors (Lipinski definition) is 2. The Labute approximate surface area is 118 Å². The molecule has 2 nitrogen and oxygen atoms in total. The molecule has 0 aromatic heterocycles. The Balaban J connectivity index is 2.80. The Bertz CT molecular complexity index is 400. The van der Waals surface area contributed by atoms with Crippen molar-refractivity contribution in [2.75, 3.05) is 6.61 Å². The van der Waals surface area contributed by atoms with Crippen LogP contribution in [-0.4, -0.2) is 12.6 Å². The Morgan fingerprint density at radius 2 is 1.79 bits per heavy atom. The second kappa shape index (κ2) is 7.54. The smallest absolute Gasteiger partial charge is 0.122 e. The zero-order valence-electron chi connectivity index (χ0n) is 13.1. The van der Waals surface area contributed by atoms with Crippen molar-refractivity contribution in [3.05, 3.63) is 28.8 Å². The molecule has 2 N–H and O–H groups in total. The fraction of sp³-hybridized carbons (Fsp3) is 0.647. The molecule has 0 heterocycles. The number of benzene rings is 1. The Morgan fingerprint density at radius 1 is 1.11 bits per heavy atom. The molecule has 2 atom stereocenters. The van der Waals surface area contributed by atoms with Gasteiger partial charge in [0, 0.05) is 6.04 Å². The highest BCUT2D eigenvalue weighted by Crippen LogP contribution is 2.30. The van der Waals surface area contributed by atoms with Crippen molar-refractivity contribution in [1.82, 2.24) is 0 Å². The summed E-state index contributed by atoms with van der Waals surface area (Å²) in [6.07, 6.45) is 3.32. The largest absolute Gasteiger partial charge is 0.494 e. The van der Waals surface area contributed by atoms with Gasteiger partial charge in [-0.05, 0) is 68.7 Å². The lowest BCUT2D eigenvalue weighted by molar-refractivity contribution is 0.337. The summed E-state index contributed by atoms with van der Waals surface area (Å²) in [4.78, 5) is 0. The van der Waals surface area contributed by atoms with Gasteiger partial charge < -0.3 is 10.5 Å². The van der Waals surface area contributed by atoms with Gasteiger partial charge in [0.05, 0.1) is 6.61 Å². The molecular weight excluding hydrogens is 234 g/mol. The van der Waals surface area contributed by atoms with Gasteiger partial charge in [0.25, 0.3) is 0 Å². The first-order chi connectivity index (χ1) is 8.99. The van der Waals surface area contributed by atoms with Crippen molar-refractivity contribution in [2.24, 2.45) is 5.73 Å². The highest BCUT2D eigenvalue weighted by molar-refractivity contribution is 5.42. The SMILES string of the molecule is CCOc1cc(C)c(C(C)CCC(N)CC)cc1C. The maximum Gasteiger partial charge on any atom is 0.122 e. The van der Waals surface area contributed by atoms with Gasteiger partial charge in [-0.3, -0.25) is 0 Å². The Hall–Kier alpha value is -1.02. The van der Waals surface area contributed by atoms with E-state index < -0.39 is 0 Å². The van der Waals surface area contributed by atoms with Crippen LogP contribution in [0.3, 0.4) is 0 Å². The quantitative estimate of drug-likeness (QED) is 0.795. The third-order valence-corrected chi connectivity index (χ3v) is 3.89. The molecule has 0 bridgehead atoms. The minimum atomic E-state index is 0.339. The minimum Gasteiger partial charge on any atom is -0.494 e. The molecule has 0 aliphatic heterocycles. The summed E-state index contributed by atoms with van der Waals surface area (Å²) in [5.41, 5.74) is 10.0. The highest BCUT2D eigenvalue weighted by atomic mass is 16.5. The van der Waals surface area contributed by atoms with Gasteiger partial charge in [-0.2, -0.15) is 0 Å². The molecule has 2 heteroatoms. The van der Waals surface area contributed by atoms with Crippen LogP contribution in [0.25, 0.3) is 0 Å². The van der Waals surface area contributed by atoms with Gasteiger partial charge in [-0.1, -0.05) is 19.9 Å². The molecule has 0 amide bonds. The molecule has 1 rings (SSSR count). The zero-order chi connectivity index (χ0) is 14.4. The van der Waals surface area contributed by atoms with Crippen LogP contribution in [0.1, 0.15) is 62.6 Å². The summed E-state index contributed by atoms with van der Waals surface area (Å²) in [5.74, 6) is 1.58. The fourth-order valence-corrected chi connectivity index (χ4v) is 2.48. The van der Waals surface area contributed by atoms with Crippen LogP contribution in [0, 0.1) is 13.8 Å². The van der Waals surface area contributed by atoms with Crippen LogP contribution < -0.4 is 10.5 Å². The number of hydrogen-bond donors (Lipinski definition) is 1. The zero-order valence-corrected chi connectivity index (χ0v) is 13.1. The predicted molar refractivity (Wildman–Crippen MR) is 83.0 cm³/mol. The standard InChI is InChI=1S/C17H29NO/c1-6-15(18)9-8-12(3)16-10-14(5)17(19-7-2)11-13(16)4/h10-12,15H,6-9,18H2,1-5H3. The van der Waals surface area contributed by atoms with Gasteiger partial charge in [0.1, 0.15) is 5.75 Å². The van der Waals surface area contributed by atoms with Gasteiger partial charge in [0.2, 0.25) is 0 Å². The monoisotopic (exact) mass is 263 g/mol. The van der Waals surface area contributed by atoms with E-state index in [1.165, 1.54) is 16.7 Å². The number of ether oxygens (including phenoxy) is 1. The van der Waals surface area contributed by atoms with Crippen molar-refractivity contribution in [3.8, 4) is 5.75 Å². The molecule has 0 saturated carbocycles. The number of rotatable bonds is 7. The van der Waals surface area contributed by atoms with Gasteiger partial charge in [-0.15, -0.1) is 0 Å². The van der Waals surface area contributed by atoms with Crippen LogP contribution in [-0.2, 0) is 0 Å². The molecule has 108 valence electrons. The first-order valence-corrected chi connectivity index (χ1v) is 7.49. The Morgan fingerprint density at radius 3 is 2.37 bits per heavy atom. The molecule has 1 aromatic rings. The first-order valence-electron chi connectivity index (χ1n) is 7.49. The first kappa shape index (κ1) is 16.0. The number of nitrogens with two attached hydrogens (primary N) is 1. The van der Waals surface area contributed by atoms with E-state index in [0.717, 1.165) is 31.6 Å². The second-order valence-electron chi connectivity index (χ2n) is 5.55. The molecule has 0 aliphatic carbocycles. The average Bonchev–Trinajstić information content (AvgIpc) is 2.39. The summed E-state index contributed by atoms with van der Waals surface area (Å²) >= 11 is 0. The normalized spacial score (nSPS) is 14.2. The van der Waals surface area contributed by atoms with Crippen molar-refractivity contribution in [2.45, 2.75) is 65.8 Å². The van der Waals surface area contributed by atoms with Crippen LogP contribution in [0.5, 0.6) is 5.75 Å². The predicted octanol–water partition coefficient (Wildman–Crippen LogP) is 4.32. The molecule has 0 radical (unpaired) electrons. The third-order valence-electron chi connectivity index (χ3n) is 3.89. The Kier molecular flexibility index (Phi) is 6.36. The maximum absolute atomic E-state index is 6.01. The van der Waals surface area contributed by atoms with Crippen LogP contribution >= 0.6 is 0 Å². The fourth-order valence-electron chi connectivity index (χ4n) is 2.48. The van der Waals surface area contributed by atoms with E-state index in [-0.39, 0.29) is 0 Å². The van der Waals surface area contributed by atoms with Gasteiger partial charge >= 0.3 is 0 Å². The molecule has 0 fully saturated rings. The van der Waals surface area contributed by atoms with Crippen LogP contribution in [0.4, 0.5) is 0 Å². The average molecular weight is 263 g/mol. The topological polar surface area (TPSA) is 35.2 Å². The lowest BCUT2D eigenvalue weighted by Gasteiger charge is -2.19. The van der Waals surface area contributed by atoms with E-state index in [9.17, 15) is 0 Å². The molecular formula is C17H29NO. The highest BCUT2D eigenvalue weighted by Gasteiger charge is 2.13. The van der Waals surface area contributed by atoms with E-state index in [1.807, 2.05) is 6.92 Å². The summed E-state index contributed by atoms with van der Waals surface area (Å²) in [5, 5.41) is 0. The molecule has 0 spiro atoms. The van der Waals surface area contributed by atoms with Crippen molar-refractivity contribution in [1.29, 1.82) is 0 Å². The van der Waals surface area contributed by atoms with E-state index in [1.54, 1.807) is 0 Å². The van der Waals surface area contributed by atoms with E-state index in [4.69, 9.17) is 10.5 Å². The van der Waals surface area contributed by atoms with Crippen molar-refractivity contribution < 1.29 is 4.74 Å². The van der Waals surface area contributed by atoms with Gasteiger partial charge in [0.15, 0.2) is 0 Å². The summed E-state index contributed by atoms with van der Waals surface area (Å²) < 4.78 is 5.65. The van der Waals surface area contributed by atoms with Crippen molar-refractivity contribution in [3.63, 3.8) is 0 Å². The summed E-state index contributed by atoms with van der Waals surface area (Å²) in [6.45, 7) is 11.5. The van der Waals surface area contributed by atoms with E-state index in [2.05, 4.69) is 39.8 Å². The van der Waals surface area contributed by atoms with Crippen molar-refractivity contribution >= 4 is 0 Å². The van der Waals surface area contributed by atoms with Gasteiger partial charge in [-0.25, -0.2) is 0 Å². The molecule has 1 aromatic carbocycles.